The lowest BCUT2D eigenvalue weighted by Crippen LogP contribution is -2.31. The van der Waals surface area contributed by atoms with Crippen molar-refractivity contribution < 1.29 is 18.8 Å². The Kier molecular flexibility index (Phi) is 5.73. The first-order valence-electron chi connectivity index (χ1n) is 8.70. The maximum absolute atomic E-state index is 12.3. The Morgan fingerprint density at radius 3 is 2.61 bits per heavy atom. The van der Waals surface area contributed by atoms with Crippen molar-refractivity contribution in [2.45, 2.75) is 33.4 Å². The minimum absolute atomic E-state index is 0.458. The zero-order valence-electron chi connectivity index (χ0n) is 15.8. The second-order valence-electron chi connectivity index (χ2n) is 6.26. The SMILES string of the molecule is Cc1noc(C)c1Cn1cc(NC(=O)[C@H](C)OC(=O)Nc2ccccc2)cn1. The van der Waals surface area contributed by atoms with Crippen LogP contribution in [0.3, 0.4) is 0 Å². The van der Waals surface area contributed by atoms with Gasteiger partial charge in [-0.15, -0.1) is 0 Å². The Morgan fingerprint density at radius 1 is 1.18 bits per heavy atom. The summed E-state index contributed by atoms with van der Waals surface area (Å²) in [7, 11) is 0. The van der Waals surface area contributed by atoms with Gasteiger partial charge < -0.3 is 14.6 Å². The van der Waals surface area contributed by atoms with E-state index in [0.29, 0.717) is 17.9 Å². The average molecular weight is 383 g/mol. The monoisotopic (exact) mass is 383 g/mol. The molecule has 1 atom stereocenters. The van der Waals surface area contributed by atoms with Gasteiger partial charge in [0.2, 0.25) is 0 Å². The summed E-state index contributed by atoms with van der Waals surface area (Å²) in [5.41, 5.74) is 2.82. The molecule has 0 bridgehead atoms. The molecule has 9 heteroatoms. The van der Waals surface area contributed by atoms with E-state index in [4.69, 9.17) is 9.26 Å². The molecular weight excluding hydrogens is 362 g/mol. The molecule has 2 amide bonds. The number of carbonyl (C=O) groups excluding carboxylic acids is 2. The van der Waals surface area contributed by atoms with Crippen LogP contribution < -0.4 is 10.6 Å². The molecule has 0 saturated heterocycles. The number of rotatable bonds is 6. The highest BCUT2D eigenvalue weighted by Gasteiger charge is 2.19. The Balaban J connectivity index is 1.53. The number of carbonyl (C=O) groups is 2. The molecule has 3 rings (SSSR count). The van der Waals surface area contributed by atoms with Gasteiger partial charge in [0, 0.05) is 17.4 Å². The minimum atomic E-state index is -0.977. The Morgan fingerprint density at radius 2 is 1.93 bits per heavy atom. The van der Waals surface area contributed by atoms with Gasteiger partial charge in [-0.2, -0.15) is 5.10 Å². The van der Waals surface area contributed by atoms with Crippen molar-refractivity contribution in [1.82, 2.24) is 14.9 Å². The molecule has 2 N–H and O–H groups in total. The number of aryl methyl sites for hydroxylation is 2. The van der Waals surface area contributed by atoms with E-state index in [2.05, 4.69) is 20.9 Å². The molecule has 0 spiro atoms. The van der Waals surface area contributed by atoms with E-state index in [0.717, 1.165) is 17.0 Å². The van der Waals surface area contributed by atoms with Crippen LogP contribution in [-0.2, 0) is 16.1 Å². The van der Waals surface area contributed by atoms with Gasteiger partial charge in [0.25, 0.3) is 5.91 Å². The standard InChI is InChI=1S/C19H21N5O4/c1-12-17(13(2)28-23-12)11-24-10-16(9-20-24)21-18(25)14(3)27-19(26)22-15-7-5-4-6-8-15/h4-10,14H,11H2,1-3H3,(H,21,25)(H,22,26)/t14-/m0/s1. The number of hydrogen-bond donors (Lipinski definition) is 2. The largest absolute Gasteiger partial charge is 0.436 e. The Hall–Kier alpha value is -3.62. The van der Waals surface area contributed by atoms with Gasteiger partial charge in [-0.3, -0.25) is 14.8 Å². The van der Waals surface area contributed by atoms with E-state index in [1.54, 1.807) is 35.1 Å². The van der Waals surface area contributed by atoms with Gasteiger partial charge in [0.05, 0.1) is 24.1 Å². The predicted octanol–water partition coefficient (Wildman–Crippen LogP) is 3.11. The van der Waals surface area contributed by atoms with E-state index in [1.807, 2.05) is 19.9 Å². The quantitative estimate of drug-likeness (QED) is 0.676. The zero-order chi connectivity index (χ0) is 20.1. The summed E-state index contributed by atoms with van der Waals surface area (Å²) in [5, 5.41) is 13.4. The van der Waals surface area contributed by atoms with Crippen molar-refractivity contribution in [3.8, 4) is 0 Å². The van der Waals surface area contributed by atoms with Crippen molar-refractivity contribution in [1.29, 1.82) is 0 Å². The van der Waals surface area contributed by atoms with Crippen molar-refractivity contribution in [2.24, 2.45) is 0 Å². The number of nitrogens with one attached hydrogen (secondary N) is 2. The first-order valence-corrected chi connectivity index (χ1v) is 8.70. The van der Waals surface area contributed by atoms with E-state index in [1.165, 1.54) is 13.1 Å². The summed E-state index contributed by atoms with van der Waals surface area (Å²) in [6.45, 7) is 5.66. The third-order valence-corrected chi connectivity index (χ3v) is 4.08. The molecule has 0 aliphatic rings. The third-order valence-electron chi connectivity index (χ3n) is 4.08. The number of hydrogen-bond acceptors (Lipinski definition) is 6. The van der Waals surface area contributed by atoms with Crippen LogP contribution in [0.25, 0.3) is 0 Å². The zero-order valence-corrected chi connectivity index (χ0v) is 15.8. The Labute approximate surface area is 161 Å². The number of para-hydroxylation sites is 1. The molecule has 0 aliphatic carbocycles. The molecule has 1 aromatic carbocycles. The lowest BCUT2D eigenvalue weighted by molar-refractivity contribution is -0.123. The van der Waals surface area contributed by atoms with Crippen LogP contribution in [0.1, 0.15) is 23.9 Å². The van der Waals surface area contributed by atoms with Crippen LogP contribution in [0.4, 0.5) is 16.2 Å². The molecular formula is C19H21N5O4. The van der Waals surface area contributed by atoms with Gasteiger partial charge >= 0.3 is 6.09 Å². The predicted molar refractivity (Wildman–Crippen MR) is 102 cm³/mol. The number of aromatic nitrogens is 3. The maximum atomic E-state index is 12.3. The summed E-state index contributed by atoms with van der Waals surface area (Å²) < 4.78 is 11.9. The highest BCUT2D eigenvalue weighted by Crippen LogP contribution is 2.15. The summed E-state index contributed by atoms with van der Waals surface area (Å²) in [6.07, 6.45) is 1.52. The molecule has 28 heavy (non-hydrogen) atoms. The Bertz CT molecular complexity index is 944. The average Bonchev–Trinajstić information content (AvgIpc) is 3.23. The first kappa shape index (κ1) is 19.2. The molecule has 0 unspecified atom stereocenters. The van der Waals surface area contributed by atoms with Crippen LogP contribution in [0.2, 0.25) is 0 Å². The van der Waals surface area contributed by atoms with Gasteiger partial charge in [0.15, 0.2) is 6.10 Å². The van der Waals surface area contributed by atoms with Crippen molar-refractivity contribution in [3.05, 3.63) is 59.7 Å². The molecule has 0 saturated carbocycles. The van der Waals surface area contributed by atoms with Crippen LogP contribution >= 0.6 is 0 Å². The van der Waals surface area contributed by atoms with Crippen LogP contribution in [-0.4, -0.2) is 33.0 Å². The number of anilines is 2. The van der Waals surface area contributed by atoms with Gasteiger partial charge in [-0.05, 0) is 32.9 Å². The molecule has 146 valence electrons. The summed E-state index contributed by atoms with van der Waals surface area (Å²) in [6, 6.07) is 8.84. The molecule has 9 nitrogen and oxygen atoms in total. The molecule has 3 aromatic rings. The fourth-order valence-corrected chi connectivity index (χ4v) is 2.53. The van der Waals surface area contributed by atoms with Gasteiger partial charge in [-0.25, -0.2) is 4.79 Å². The second-order valence-corrected chi connectivity index (χ2v) is 6.26. The summed E-state index contributed by atoms with van der Waals surface area (Å²) in [4.78, 5) is 24.1. The van der Waals surface area contributed by atoms with Gasteiger partial charge in [0.1, 0.15) is 5.76 Å². The number of ether oxygens (including phenoxy) is 1. The van der Waals surface area contributed by atoms with E-state index >= 15 is 0 Å². The lowest BCUT2D eigenvalue weighted by Gasteiger charge is -2.13. The van der Waals surface area contributed by atoms with E-state index < -0.39 is 18.1 Å². The molecule has 2 aromatic heterocycles. The topological polar surface area (TPSA) is 111 Å². The highest BCUT2D eigenvalue weighted by molar-refractivity contribution is 5.95. The van der Waals surface area contributed by atoms with Crippen LogP contribution in [0.15, 0.2) is 47.2 Å². The highest BCUT2D eigenvalue weighted by atomic mass is 16.6. The fourth-order valence-electron chi connectivity index (χ4n) is 2.53. The van der Waals surface area contributed by atoms with E-state index in [-0.39, 0.29) is 0 Å². The van der Waals surface area contributed by atoms with Crippen LogP contribution in [0.5, 0.6) is 0 Å². The maximum Gasteiger partial charge on any atom is 0.412 e. The summed E-state index contributed by atoms with van der Waals surface area (Å²) >= 11 is 0. The molecule has 0 radical (unpaired) electrons. The van der Waals surface area contributed by atoms with Crippen molar-refractivity contribution >= 4 is 23.4 Å². The number of nitrogens with zero attached hydrogens (tertiary/aromatic N) is 3. The number of benzene rings is 1. The second kappa shape index (κ2) is 8.38. The molecule has 0 aliphatic heterocycles. The molecule has 2 heterocycles. The number of amides is 2. The third kappa shape index (κ3) is 4.76. The first-order chi connectivity index (χ1) is 13.4. The molecule has 0 fully saturated rings. The fraction of sp³-hybridized carbons (Fsp3) is 0.263. The van der Waals surface area contributed by atoms with Gasteiger partial charge in [-0.1, -0.05) is 23.4 Å². The lowest BCUT2D eigenvalue weighted by atomic mass is 10.2. The summed E-state index contributed by atoms with van der Waals surface area (Å²) in [5.74, 6) is 0.269. The van der Waals surface area contributed by atoms with Crippen LogP contribution in [0, 0.1) is 13.8 Å². The van der Waals surface area contributed by atoms with Crippen molar-refractivity contribution in [2.75, 3.05) is 10.6 Å². The van der Waals surface area contributed by atoms with E-state index in [9.17, 15) is 9.59 Å². The smallest absolute Gasteiger partial charge is 0.412 e. The minimum Gasteiger partial charge on any atom is -0.436 e. The van der Waals surface area contributed by atoms with Crippen molar-refractivity contribution in [3.63, 3.8) is 0 Å². The normalized spacial score (nSPS) is 11.7.